The monoisotopic (exact) mass is 430 g/mol. The van der Waals surface area contributed by atoms with Gasteiger partial charge in [0.05, 0.1) is 11.8 Å². The van der Waals surface area contributed by atoms with Crippen LogP contribution in [0, 0.1) is 0 Å². The molecule has 0 bridgehead atoms. The Morgan fingerprint density at radius 2 is 2.04 bits per heavy atom. The molecule has 1 N–H and O–H groups in total. The van der Waals surface area contributed by atoms with Crippen molar-refractivity contribution >= 4 is 33.4 Å². The van der Waals surface area contributed by atoms with Gasteiger partial charge in [-0.1, -0.05) is 15.9 Å². The zero-order chi connectivity index (χ0) is 18.9. The minimum atomic E-state index is -4.55. The molecule has 1 unspecified atom stereocenters. The molecule has 5 nitrogen and oxygen atoms in total. The van der Waals surface area contributed by atoms with Crippen LogP contribution in [0.2, 0.25) is 0 Å². The third kappa shape index (κ3) is 3.77. The second-order valence-electron chi connectivity index (χ2n) is 5.82. The molecule has 3 rings (SSSR count). The lowest BCUT2D eigenvalue weighted by molar-refractivity contribution is -0.138. The summed E-state index contributed by atoms with van der Waals surface area (Å²) in [7, 11) is 0. The molecule has 1 atom stereocenters. The predicted octanol–water partition coefficient (Wildman–Crippen LogP) is 4.30. The van der Waals surface area contributed by atoms with E-state index in [4.69, 9.17) is 4.42 Å². The number of amides is 2. The maximum absolute atomic E-state index is 13.0. The van der Waals surface area contributed by atoms with Crippen LogP contribution < -0.4 is 5.32 Å². The van der Waals surface area contributed by atoms with Crippen LogP contribution in [-0.2, 0) is 11.0 Å². The number of benzene rings is 1. The summed E-state index contributed by atoms with van der Waals surface area (Å²) in [6.07, 6.45) is -2.13. The van der Waals surface area contributed by atoms with Crippen molar-refractivity contribution in [2.24, 2.45) is 0 Å². The van der Waals surface area contributed by atoms with Gasteiger partial charge in [0, 0.05) is 16.7 Å². The smallest absolute Gasteiger partial charge is 0.417 e. The summed E-state index contributed by atoms with van der Waals surface area (Å²) in [5.41, 5.74) is -0.868. The van der Waals surface area contributed by atoms with Gasteiger partial charge in [-0.05, 0) is 43.2 Å². The molecule has 0 radical (unpaired) electrons. The molecular formula is C17H14BrF3N2O3. The van der Waals surface area contributed by atoms with Gasteiger partial charge in [0.25, 0.3) is 5.91 Å². The van der Waals surface area contributed by atoms with Gasteiger partial charge in [0.2, 0.25) is 5.91 Å². The summed E-state index contributed by atoms with van der Waals surface area (Å²) < 4.78 is 43.9. The van der Waals surface area contributed by atoms with Crippen molar-refractivity contribution in [1.29, 1.82) is 0 Å². The molecule has 1 aromatic carbocycles. The number of likely N-dealkylation sites (tertiary alicyclic amines) is 1. The fourth-order valence-corrected chi connectivity index (χ4v) is 3.34. The zero-order valence-corrected chi connectivity index (χ0v) is 14.9. The first-order valence-corrected chi connectivity index (χ1v) is 8.59. The van der Waals surface area contributed by atoms with E-state index in [1.807, 2.05) is 0 Å². The van der Waals surface area contributed by atoms with Gasteiger partial charge in [0.15, 0.2) is 5.76 Å². The zero-order valence-electron chi connectivity index (χ0n) is 13.3. The van der Waals surface area contributed by atoms with Gasteiger partial charge in [-0.25, -0.2) is 0 Å². The van der Waals surface area contributed by atoms with E-state index in [0.717, 1.165) is 6.07 Å². The Bertz CT molecular complexity index is 821. The van der Waals surface area contributed by atoms with E-state index < -0.39 is 29.6 Å². The second-order valence-corrected chi connectivity index (χ2v) is 6.67. The highest BCUT2D eigenvalue weighted by atomic mass is 79.9. The van der Waals surface area contributed by atoms with Gasteiger partial charge in [-0.3, -0.25) is 9.59 Å². The molecule has 1 saturated heterocycles. The van der Waals surface area contributed by atoms with Gasteiger partial charge in [-0.15, -0.1) is 0 Å². The van der Waals surface area contributed by atoms with Gasteiger partial charge >= 0.3 is 6.18 Å². The van der Waals surface area contributed by atoms with E-state index in [9.17, 15) is 22.8 Å². The summed E-state index contributed by atoms with van der Waals surface area (Å²) >= 11 is 2.85. The minimum Gasteiger partial charge on any atom is -0.459 e. The van der Waals surface area contributed by atoms with Crippen molar-refractivity contribution in [3.05, 3.63) is 52.4 Å². The Kier molecular flexibility index (Phi) is 5.08. The Hall–Kier alpha value is -2.29. The number of nitrogens with zero attached hydrogens (tertiary/aromatic N) is 1. The van der Waals surface area contributed by atoms with E-state index in [-0.39, 0.29) is 15.9 Å². The van der Waals surface area contributed by atoms with E-state index in [1.54, 1.807) is 6.07 Å². The Morgan fingerprint density at radius 3 is 2.69 bits per heavy atom. The van der Waals surface area contributed by atoms with Crippen LogP contribution >= 0.6 is 15.9 Å². The number of anilines is 1. The summed E-state index contributed by atoms with van der Waals surface area (Å²) in [6, 6.07) is 5.75. The molecule has 9 heteroatoms. The third-order valence-electron chi connectivity index (χ3n) is 4.09. The number of halogens is 4. The molecule has 1 aromatic heterocycles. The molecule has 2 heterocycles. The lowest BCUT2D eigenvalue weighted by atomic mass is 10.1. The van der Waals surface area contributed by atoms with Crippen molar-refractivity contribution in [2.45, 2.75) is 25.1 Å². The summed E-state index contributed by atoms with van der Waals surface area (Å²) in [5, 5.41) is 2.47. The Balaban J connectivity index is 1.76. The molecule has 1 aliphatic heterocycles. The normalized spacial score (nSPS) is 17.4. The maximum atomic E-state index is 13.0. The molecule has 1 fully saturated rings. The first kappa shape index (κ1) is 18.5. The molecule has 2 aromatic rings. The number of hydrogen-bond acceptors (Lipinski definition) is 3. The van der Waals surface area contributed by atoms with E-state index >= 15 is 0 Å². The lowest BCUT2D eigenvalue weighted by Gasteiger charge is -2.23. The number of nitrogens with one attached hydrogen (secondary N) is 1. The second kappa shape index (κ2) is 7.14. The summed E-state index contributed by atoms with van der Waals surface area (Å²) in [4.78, 5) is 26.3. The van der Waals surface area contributed by atoms with Crippen molar-refractivity contribution in [3.63, 3.8) is 0 Å². The largest absolute Gasteiger partial charge is 0.459 e. The van der Waals surface area contributed by atoms with Crippen molar-refractivity contribution in [1.82, 2.24) is 4.90 Å². The Morgan fingerprint density at radius 1 is 1.27 bits per heavy atom. The van der Waals surface area contributed by atoms with Crippen molar-refractivity contribution in [2.75, 3.05) is 11.9 Å². The van der Waals surface area contributed by atoms with E-state index in [1.165, 1.54) is 29.4 Å². The summed E-state index contributed by atoms with van der Waals surface area (Å²) in [6.45, 7) is 0.381. The fourth-order valence-electron chi connectivity index (χ4n) is 2.87. The van der Waals surface area contributed by atoms with Crippen molar-refractivity contribution in [3.8, 4) is 0 Å². The first-order chi connectivity index (χ1) is 12.3. The van der Waals surface area contributed by atoms with Crippen LogP contribution in [0.4, 0.5) is 18.9 Å². The highest BCUT2D eigenvalue weighted by molar-refractivity contribution is 9.10. The van der Waals surface area contributed by atoms with Crippen molar-refractivity contribution < 1.29 is 27.2 Å². The minimum absolute atomic E-state index is 0.0165. The number of carbonyl (C=O) groups is 2. The maximum Gasteiger partial charge on any atom is 0.417 e. The van der Waals surface area contributed by atoms with Crippen LogP contribution in [0.3, 0.4) is 0 Å². The summed E-state index contributed by atoms with van der Waals surface area (Å²) in [5.74, 6) is -0.829. The van der Waals surface area contributed by atoms with E-state index in [2.05, 4.69) is 21.2 Å². The lowest BCUT2D eigenvalue weighted by Crippen LogP contribution is -2.43. The van der Waals surface area contributed by atoms with Crippen LogP contribution in [0.25, 0.3) is 0 Å². The third-order valence-corrected chi connectivity index (χ3v) is 4.78. The molecule has 0 spiro atoms. The fraction of sp³-hybridized carbons (Fsp3) is 0.294. The Labute approximate surface area is 155 Å². The number of carbonyl (C=O) groups excluding carboxylic acids is 2. The average Bonchev–Trinajstić information content (AvgIpc) is 3.26. The first-order valence-electron chi connectivity index (χ1n) is 7.79. The van der Waals surface area contributed by atoms with Gasteiger partial charge in [-0.2, -0.15) is 13.2 Å². The highest BCUT2D eigenvalue weighted by Crippen LogP contribution is 2.36. The van der Waals surface area contributed by atoms with Crippen LogP contribution in [0.1, 0.15) is 29.0 Å². The quantitative estimate of drug-likeness (QED) is 0.789. The van der Waals surface area contributed by atoms with Gasteiger partial charge in [0.1, 0.15) is 6.04 Å². The van der Waals surface area contributed by atoms with Crippen LogP contribution in [-0.4, -0.2) is 29.3 Å². The molecule has 0 saturated carbocycles. The molecule has 26 heavy (non-hydrogen) atoms. The number of hydrogen-bond donors (Lipinski definition) is 1. The number of rotatable bonds is 3. The number of furan rings is 1. The average molecular weight is 431 g/mol. The molecule has 0 aliphatic carbocycles. The standard InChI is InChI=1S/C17H14BrF3N2O3/c18-12-6-5-10(9-11(12)17(19,20)21)22-15(24)13-3-1-7-23(13)16(25)14-4-2-8-26-14/h2,4-6,8-9,13H,1,3,7H2,(H,22,24). The molecule has 1 aliphatic rings. The van der Waals surface area contributed by atoms with Gasteiger partial charge < -0.3 is 14.6 Å². The molecular weight excluding hydrogens is 417 g/mol. The number of alkyl halides is 3. The van der Waals surface area contributed by atoms with Crippen LogP contribution in [0.15, 0.2) is 45.5 Å². The molecule has 138 valence electrons. The highest BCUT2D eigenvalue weighted by Gasteiger charge is 2.36. The van der Waals surface area contributed by atoms with Crippen LogP contribution in [0.5, 0.6) is 0 Å². The predicted molar refractivity (Wildman–Crippen MR) is 90.5 cm³/mol. The topological polar surface area (TPSA) is 62.6 Å². The molecule has 2 amide bonds. The van der Waals surface area contributed by atoms with E-state index in [0.29, 0.717) is 19.4 Å². The SMILES string of the molecule is O=C(Nc1ccc(Br)c(C(F)(F)F)c1)C1CCCN1C(=O)c1ccco1.